The van der Waals surface area contributed by atoms with Crippen molar-refractivity contribution in [3.8, 4) is 0 Å². The minimum absolute atomic E-state index is 0.0307. The zero-order chi connectivity index (χ0) is 19.5. The van der Waals surface area contributed by atoms with E-state index in [0.29, 0.717) is 0 Å². The van der Waals surface area contributed by atoms with Crippen molar-refractivity contribution in [1.29, 1.82) is 0 Å². The second-order valence-corrected chi connectivity index (χ2v) is 5.67. The lowest BCUT2D eigenvalue weighted by molar-refractivity contribution is -0.384. The van der Waals surface area contributed by atoms with Gasteiger partial charge in [-0.1, -0.05) is 23.7 Å². The van der Waals surface area contributed by atoms with Crippen LogP contribution in [0, 0.1) is 10.1 Å². The fraction of sp³-hybridized carbons (Fsp3) is 0.188. The van der Waals surface area contributed by atoms with Crippen LogP contribution in [-0.2, 0) is 6.18 Å². The Morgan fingerprint density at radius 2 is 1.85 bits per heavy atom. The summed E-state index contributed by atoms with van der Waals surface area (Å²) in [7, 11) is 0. The number of carbonyl (C=O) groups excluding carboxylic acids is 1. The van der Waals surface area contributed by atoms with Crippen LogP contribution in [0.5, 0.6) is 0 Å². The van der Waals surface area contributed by atoms with Crippen molar-refractivity contribution < 1.29 is 28.0 Å². The van der Waals surface area contributed by atoms with Crippen LogP contribution in [0.2, 0.25) is 5.02 Å². The molecular formula is C16H12ClF3N2O4. The Balaban J connectivity index is 2.01. The molecule has 2 N–H and O–H groups in total. The van der Waals surface area contributed by atoms with E-state index in [0.717, 1.165) is 36.4 Å². The summed E-state index contributed by atoms with van der Waals surface area (Å²) in [5.74, 6) is -0.684. The number of halogens is 4. The van der Waals surface area contributed by atoms with E-state index in [1.54, 1.807) is 0 Å². The van der Waals surface area contributed by atoms with E-state index < -0.39 is 28.7 Å². The highest BCUT2D eigenvalue weighted by Gasteiger charge is 2.30. The number of carbonyl (C=O) groups is 1. The fourth-order valence-corrected chi connectivity index (χ4v) is 2.36. The van der Waals surface area contributed by atoms with Gasteiger partial charge >= 0.3 is 6.18 Å². The molecule has 0 aliphatic heterocycles. The van der Waals surface area contributed by atoms with Gasteiger partial charge in [0, 0.05) is 18.7 Å². The number of aliphatic hydroxyl groups is 1. The van der Waals surface area contributed by atoms with Crippen molar-refractivity contribution in [2.45, 2.75) is 12.3 Å². The van der Waals surface area contributed by atoms with Crippen molar-refractivity contribution in [2.75, 3.05) is 6.54 Å². The van der Waals surface area contributed by atoms with Gasteiger partial charge in [-0.2, -0.15) is 13.2 Å². The maximum atomic E-state index is 12.5. The average molecular weight is 389 g/mol. The number of hydrogen-bond acceptors (Lipinski definition) is 4. The van der Waals surface area contributed by atoms with Gasteiger partial charge in [-0.3, -0.25) is 14.9 Å². The molecule has 0 aliphatic rings. The zero-order valence-electron chi connectivity index (χ0n) is 13.0. The molecule has 2 rings (SSSR count). The molecule has 0 aliphatic carbocycles. The number of amides is 1. The number of alkyl halides is 3. The summed E-state index contributed by atoms with van der Waals surface area (Å²) in [5, 5.41) is 22.8. The van der Waals surface area contributed by atoms with Gasteiger partial charge in [0.15, 0.2) is 0 Å². The summed E-state index contributed by atoms with van der Waals surface area (Å²) >= 11 is 5.83. The molecule has 0 fully saturated rings. The first-order valence-corrected chi connectivity index (χ1v) is 7.54. The molecule has 0 saturated heterocycles. The van der Waals surface area contributed by atoms with Crippen molar-refractivity contribution in [3.63, 3.8) is 0 Å². The lowest BCUT2D eigenvalue weighted by Gasteiger charge is -2.14. The van der Waals surface area contributed by atoms with Crippen molar-refractivity contribution >= 4 is 23.2 Å². The maximum Gasteiger partial charge on any atom is 0.416 e. The van der Waals surface area contributed by atoms with Gasteiger partial charge in [-0.05, 0) is 23.8 Å². The van der Waals surface area contributed by atoms with Crippen LogP contribution in [0.3, 0.4) is 0 Å². The summed E-state index contributed by atoms with van der Waals surface area (Å²) in [6.45, 7) is -0.280. The summed E-state index contributed by atoms with van der Waals surface area (Å²) in [5.41, 5.74) is -0.975. The molecule has 0 bridgehead atoms. The number of aliphatic hydroxyl groups excluding tert-OH is 1. The van der Waals surface area contributed by atoms with Gasteiger partial charge < -0.3 is 10.4 Å². The second kappa shape index (κ2) is 7.71. The smallest absolute Gasteiger partial charge is 0.387 e. The molecule has 138 valence electrons. The molecule has 0 spiro atoms. The van der Waals surface area contributed by atoms with Crippen molar-refractivity contribution in [2.24, 2.45) is 0 Å². The number of rotatable bonds is 5. The molecule has 2 aromatic carbocycles. The van der Waals surface area contributed by atoms with Crippen LogP contribution in [0.1, 0.15) is 27.6 Å². The number of nitrogens with one attached hydrogen (secondary N) is 1. The van der Waals surface area contributed by atoms with Crippen LogP contribution in [0.15, 0.2) is 42.5 Å². The van der Waals surface area contributed by atoms with Gasteiger partial charge in [0.1, 0.15) is 0 Å². The highest BCUT2D eigenvalue weighted by Crippen LogP contribution is 2.30. The Labute approximate surface area is 150 Å². The molecular weight excluding hydrogens is 377 g/mol. The quantitative estimate of drug-likeness (QED) is 0.603. The molecule has 0 aromatic heterocycles. The van der Waals surface area contributed by atoms with E-state index in [9.17, 15) is 33.2 Å². The first kappa shape index (κ1) is 19.7. The van der Waals surface area contributed by atoms with Crippen LogP contribution in [-0.4, -0.2) is 22.5 Å². The lowest BCUT2D eigenvalue weighted by Crippen LogP contribution is -2.28. The first-order valence-electron chi connectivity index (χ1n) is 7.17. The largest absolute Gasteiger partial charge is 0.416 e. The van der Waals surface area contributed by atoms with E-state index >= 15 is 0 Å². The van der Waals surface area contributed by atoms with Crippen LogP contribution in [0.25, 0.3) is 0 Å². The third-order valence-electron chi connectivity index (χ3n) is 3.49. The molecule has 1 unspecified atom stereocenters. The number of nitro benzene ring substituents is 1. The highest BCUT2D eigenvalue weighted by atomic mass is 35.5. The Morgan fingerprint density at radius 1 is 1.23 bits per heavy atom. The normalized spacial score (nSPS) is 12.5. The molecule has 1 atom stereocenters. The van der Waals surface area contributed by atoms with E-state index in [1.165, 1.54) is 6.07 Å². The van der Waals surface area contributed by atoms with Crippen molar-refractivity contribution in [3.05, 3.63) is 74.3 Å². The molecule has 2 aromatic rings. The Bertz CT molecular complexity index is 825. The summed E-state index contributed by atoms with van der Waals surface area (Å²) in [4.78, 5) is 22.0. The first-order chi connectivity index (χ1) is 12.1. The molecule has 10 heteroatoms. The molecule has 26 heavy (non-hydrogen) atoms. The summed E-state index contributed by atoms with van der Waals surface area (Å²) in [6.07, 6.45) is -5.72. The van der Waals surface area contributed by atoms with Gasteiger partial charge in [-0.25, -0.2) is 0 Å². The minimum atomic E-state index is -4.48. The van der Waals surface area contributed by atoms with Crippen LogP contribution in [0.4, 0.5) is 18.9 Å². The topological polar surface area (TPSA) is 92.5 Å². The van der Waals surface area contributed by atoms with E-state index in [-0.39, 0.29) is 28.4 Å². The Hall–Kier alpha value is -2.65. The Morgan fingerprint density at radius 3 is 2.35 bits per heavy atom. The summed E-state index contributed by atoms with van der Waals surface area (Å²) < 4.78 is 37.5. The second-order valence-electron chi connectivity index (χ2n) is 5.27. The Kier molecular flexibility index (Phi) is 5.83. The van der Waals surface area contributed by atoms with Gasteiger partial charge in [0.25, 0.3) is 11.6 Å². The number of nitro groups is 1. The third-order valence-corrected chi connectivity index (χ3v) is 3.80. The van der Waals surface area contributed by atoms with Crippen molar-refractivity contribution in [1.82, 2.24) is 5.32 Å². The standard InChI is InChI=1S/C16H12ClF3N2O4/c17-13-7-11(22(25)26)5-6-12(13)15(24)21-8-14(23)9-1-3-10(4-2-9)16(18,19)20/h1-7,14,23H,8H2,(H,21,24). The molecule has 0 saturated carbocycles. The number of benzene rings is 2. The minimum Gasteiger partial charge on any atom is -0.387 e. The predicted molar refractivity (Wildman–Crippen MR) is 86.8 cm³/mol. The number of hydrogen-bond donors (Lipinski definition) is 2. The monoisotopic (exact) mass is 388 g/mol. The zero-order valence-corrected chi connectivity index (χ0v) is 13.7. The van der Waals surface area contributed by atoms with Gasteiger partial charge in [-0.15, -0.1) is 0 Å². The predicted octanol–water partition coefficient (Wildman–Crippen LogP) is 3.73. The van der Waals surface area contributed by atoms with Gasteiger partial charge in [0.2, 0.25) is 0 Å². The molecule has 0 radical (unpaired) electrons. The van der Waals surface area contributed by atoms with Crippen LogP contribution >= 0.6 is 11.6 Å². The number of non-ortho nitro benzene ring substituents is 1. The number of nitrogens with zero attached hydrogens (tertiary/aromatic N) is 1. The summed E-state index contributed by atoms with van der Waals surface area (Å²) in [6, 6.07) is 7.16. The lowest BCUT2D eigenvalue weighted by atomic mass is 10.1. The maximum absolute atomic E-state index is 12.5. The van der Waals surface area contributed by atoms with Gasteiger partial charge in [0.05, 0.1) is 27.2 Å². The van der Waals surface area contributed by atoms with E-state index in [2.05, 4.69) is 5.32 Å². The molecule has 1 amide bonds. The molecule has 6 nitrogen and oxygen atoms in total. The fourth-order valence-electron chi connectivity index (χ4n) is 2.10. The average Bonchev–Trinajstić information content (AvgIpc) is 2.58. The van der Waals surface area contributed by atoms with E-state index in [4.69, 9.17) is 11.6 Å². The SMILES string of the molecule is O=C(NCC(O)c1ccc(C(F)(F)F)cc1)c1ccc([N+](=O)[O-])cc1Cl. The van der Waals surface area contributed by atoms with E-state index in [1.807, 2.05) is 0 Å². The molecule has 0 heterocycles. The highest BCUT2D eigenvalue weighted by molar-refractivity contribution is 6.34. The van der Waals surface area contributed by atoms with Crippen LogP contribution < -0.4 is 5.32 Å². The third kappa shape index (κ3) is 4.70.